The van der Waals surface area contributed by atoms with E-state index in [0.29, 0.717) is 23.9 Å². The van der Waals surface area contributed by atoms with E-state index in [9.17, 15) is 17.6 Å². The van der Waals surface area contributed by atoms with Crippen molar-refractivity contribution in [2.24, 2.45) is 0 Å². The summed E-state index contributed by atoms with van der Waals surface area (Å²) in [6, 6.07) is 23.9. The van der Waals surface area contributed by atoms with Gasteiger partial charge in [0.1, 0.15) is 30.5 Å². The second kappa shape index (κ2) is 14.4. The Hall–Kier alpha value is -4.77. The molecule has 0 unspecified atom stereocenters. The van der Waals surface area contributed by atoms with Gasteiger partial charge >= 0.3 is 0 Å². The first kappa shape index (κ1) is 31.2. The van der Waals surface area contributed by atoms with Gasteiger partial charge in [0.05, 0.1) is 31.4 Å². The average Bonchev–Trinajstić information content (AvgIpc) is 3.03. The Labute approximate surface area is 250 Å². The minimum absolute atomic E-state index is 0.0666. The fourth-order valence-electron chi connectivity index (χ4n) is 4.13. The van der Waals surface area contributed by atoms with Crippen molar-refractivity contribution in [1.82, 2.24) is 5.32 Å². The van der Waals surface area contributed by atoms with E-state index < -0.39 is 22.5 Å². The molecule has 0 saturated carbocycles. The number of hydrogen-bond donors (Lipinski definition) is 1. The highest BCUT2D eigenvalue weighted by atomic mass is 32.2. The summed E-state index contributed by atoms with van der Waals surface area (Å²) < 4.78 is 63.5. The van der Waals surface area contributed by atoms with E-state index in [0.717, 1.165) is 15.4 Å². The van der Waals surface area contributed by atoms with E-state index in [2.05, 4.69) is 5.32 Å². The fourth-order valence-corrected chi connectivity index (χ4v) is 5.57. The van der Waals surface area contributed by atoms with Crippen molar-refractivity contribution in [3.05, 3.63) is 108 Å². The van der Waals surface area contributed by atoms with Crippen LogP contribution in [0.15, 0.2) is 95.9 Å². The molecule has 0 atom stereocenters. The lowest BCUT2D eigenvalue weighted by Crippen LogP contribution is -2.40. The number of hydrogen-bond acceptors (Lipinski definition) is 7. The summed E-state index contributed by atoms with van der Waals surface area (Å²) in [6.45, 7) is 2.29. The molecule has 4 aromatic carbocycles. The van der Waals surface area contributed by atoms with Gasteiger partial charge in [-0.25, -0.2) is 12.8 Å². The van der Waals surface area contributed by atoms with E-state index in [1.165, 1.54) is 44.6 Å². The molecule has 0 bridgehead atoms. The number of ether oxygens (including phenoxy) is 4. The molecule has 0 aliphatic rings. The third-order valence-corrected chi connectivity index (χ3v) is 8.17. The Balaban J connectivity index is 1.46. The van der Waals surface area contributed by atoms with Gasteiger partial charge in [0.25, 0.3) is 10.0 Å². The zero-order chi connectivity index (χ0) is 30.8. The second-order valence-corrected chi connectivity index (χ2v) is 11.2. The Morgan fingerprint density at radius 3 is 2.02 bits per heavy atom. The molecule has 4 rings (SSSR count). The minimum Gasteiger partial charge on any atom is -0.494 e. The SMILES string of the molecule is CCOc1ccc(N(CC(=O)NCc2ccc(OCc3ccc(F)cc3)cc2)S(=O)(=O)c2ccc(OC)c(OC)c2)cc1. The van der Waals surface area contributed by atoms with Crippen LogP contribution in [0, 0.1) is 5.82 Å². The third-order valence-electron chi connectivity index (χ3n) is 6.40. The monoisotopic (exact) mass is 608 g/mol. The number of sulfonamides is 1. The van der Waals surface area contributed by atoms with Crippen molar-refractivity contribution < 1.29 is 36.6 Å². The van der Waals surface area contributed by atoms with Crippen LogP contribution >= 0.6 is 0 Å². The van der Waals surface area contributed by atoms with E-state index in [-0.39, 0.29) is 35.3 Å². The quantitative estimate of drug-likeness (QED) is 0.206. The first-order valence-corrected chi connectivity index (χ1v) is 14.9. The molecule has 226 valence electrons. The summed E-state index contributed by atoms with van der Waals surface area (Å²) in [5, 5.41) is 2.79. The number of nitrogens with one attached hydrogen (secondary N) is 1. The molecule has 1 amide bonds. The van der Waals surface area contributed by atoms with Gasteiger partial charge < -0.3 is 24.3 Å². The average molecular weight is 609 g/mol. The molecule has 0 aliphatic carbocycles. The first-order chi connectivity index (χ1) is 20.7. The van der Waals surface area contributed by atoms with Crippen LogP contribution in [0.1, 0.15) is 18.1 Å². The smallest absolute Gasteiger partial charge is 0.264 e. The number of carbonyl (C=O) groups excluding carboxylic acids is 1. The van der Waals surface area contributed by atoms with Crippen LogP contribution in [0.2, 0.25) is 0 Å². The fraction of sp³-hybridized carbons (Fsp3) is 0.219. The molecule has 4 aromatic rings. The highest BCUT2D eigenvalue weighted by Crippen LogP contribution is 2.32. The molecule has 0 fully saturated rings. The van der Waals surface area contributed by atoms with Gasteiger partial charge in [0.2, 0.25) is 5.91 Å². The second-order valence-electron chi connectivity index (χ2n) is 9.29. The number of halogens is 1. The Morgan fingerprint density at radius 2 is 1.40 bits per heavy atom. The van der Waals surface area contributed by atoms with Crippen LogP contribution in [-0.2, 0) is 28.0 Å². The van der Waals surface area contributed by atoms with Crippen LogP contribution in [-0.4, -0.2) is 41.7 Å². The molecule has 1 N–H and O–H groups in total. The van der Waals surface area contributed by atoms with Crippen molar-refractivity contribution in [1.29, 1.82) is 0 Å². The number of amides is 1. The maximum atomic E-state index is 13.8. The van der Waals surface area contributed by atoms with Crippen molar-refractivity contribution in [3.8, 4) is 23.0 Å². The molecule has 0 heterocycles. The van der Waals surface area contributed by atoms with Crippen molar-refractivity contribution in [3.63, 3.8) is 0 Å². The molecule has 0 aliphatic heterocycles. The maximum Gasteiger partial charge on any atom is 0.264 e. The van der Waals surface area contributed by atoms with E-state index in [1.54, 1.807) is 60.7 Å². The maximum absolute atomic E-state index is 13.8. The largest absolute Gasteiger partial charge is 0.494 e. The predicted octanol–water partition coefficient (Wildman–Crippen LogP) is 5.33. The molecular formula is C32H33FN2O7S. The number of rotatable bonds is 14. The van der Waals surface area contributed by atoms with Crippen molar-refractivity contribution >= 4 is 21.6 Å². The summed E-state index contributed by atoms with van der Waals surface area (Å²) in [5.41, 5.74) is 1.91. The molecule has 43 heavy (non-hydrogen) atoms. The third kappa shape index (κ3) is 8.16. The lowest BCUT2D eigenvalue weighted by atomic mass is 10.2. The van der Waals surface area contributed by atoms with Crippen molar-refractivity contribution in [2.45, 2.75) is 25.0 Å². The van der Waals surface area contributed by atoms with E-state index in [1.807, 2.05) is 6.92 Å². The van der Waals surface area contributed by atoms with Gasteiger partial charge in [0.15, 0.2) is 11.5 Å². The number of benzene rings is 4. The van der Waals surface area contributed by atoms with Crippen LogP contribution in [0.25, 0.3) is 0 Å². The first-order valence-electron chi connectivity index (χ1n) is 13.4. The van der Waals surface area contributed by atoms with Gasteiger partial charge in [-0.2, -0.15) is 0 Å². The van der Waals surface area contributed by atoms with Crippen LogP contribution in [0.5, 0.6) is 23.0 Å². The van der Waals surface area contributed by atoms with Gasteiger partial charge in [-0.3, -0.25) is 9.10 Å². The number of anilines is 1. The van der Waals surface area contributed by atoms with E-state index in [4.69, 9.17) is 18.9 Å². The molecule has 0 spiro atoms. The summed E-state index contributed by atoms with van der Waals surface area (Å²) in [4.78, 5) is 13.0. The Morgan fingerprint density at radius 1 is 0.791 bits per heavy atom. The summed E-state index contributed by atoms with van der Waals surface area (Å²) >= 11 is 0. The standard InChI is InChI=1S/C32H33FN2O7S/c1-4-41-27-15-11-26(12-16-27)35(43(37,38)29-17-18-30(39-2)31(19-29)40-3)21-32(36)34-20-23-7-13-28(14-8-23)42-22-24-5-9-25(33)10-6-24/h5-19H,4,20-22H2,1-3H3,(H,34,36). The molecular weight excluding hydrogens is 575 g/mol. The molecule has 0 saturated heterocycles. The topological polar surface area (TPSA) is 103 Å². The van der Waals surface area contributed by atoms with Gasteiger partial charge in [0, 0.05) is 12.6 Å². The molecule has 0 radical (unpaired) electrons. The van der Waals surface area contributed by atoms with Gasteiger partial charge in [-0.05, 0) is 78.7 Å². The zero-order valence-corrected chi connectivity index (χ0v) is 24.9. The van der Waals surface area contributed by atoms with Crippen LogP contribution in [0.4, 0.5) is 10.1 Å². The number of methoxy groups -OCH3 is 2. The summed E-state index contributed by atoms with van der Waals surface area (Å²) in [7, 11) is -1.32. The lowest BCUT2D eigenvalue weighted by molar-refractivity contribution is -0.119. The molecule has 11 heteroatoms. The lowest BCUT2D eigenvalue weighted by Gasteiger charge is -2.25. The highest BCUT2D eigenvalue weighted by Gasteiger charge is 2.28. The Bertz CT molecular complexity index is 1610. The highest BCUT2D eigenvalue weighted by molar-refractivity contribution is 7.92. The molecule has 9 nitrogen and oxygen atoms in total. The van der Waals surface area contributed by atoms with Crippen LogP contribution < -0.4 is 28.6 Å². The number of nitrogens with zero attached hydrogens (tertiary/aromatic N) is 1. The number of carbonyl (C=O) groups is 1. The van der Waals surface area contributed by atoms with Crippen LogP contribution in [0.3, 0.4) is 0 Å². The van der Waals surface area contributed by atoms with Gasteiger partial charge in [-0.1, -0.05) is 24.3 Å². The summed E-state index contributed by atoms with van der Waals surface area (Å²) in [6.07, 6.45) is 0. The Kier molecular flexibility index (Phi) is 10.4. The van der Waals surface area contributed by atoms with E-state index >= 15 is 0 Å². The van der Waals surface area contributed by atoms with Crippen molar-refractivity contribution in [2.75, 3.05) is 31.7 Å². The minimum atomic E-state index is -4.19. The normalized spacial score (nSPS) is 11.0. The van der Waals surface area contributed by atoms with Gasteiger partial charge in [-0.15, -0.1) is 0 Å². The molecule has 0 aromatic heterocycles. The zero-order valence-electron chi connectivity index (χ0n) is 24.1. The summed E-state index contributed by atoms with van der Waals surface area (Å²) in [5.74, 6) is 0.987. The predicted molar refractivity (Wildman–Crippen MR) is 161 cm³/mol.